The summed E-state index contributed by atoms with van der Waals surface area (Å²) in [6.45, 7) is 6.93. The van der Waals surface area contributed by atoms with E-state index >= 15 is 0 Å². The van der Waals surface area contributed by atoms with Crippen molar-refractivity contribution in [3.05, 3.63) is 35.9 Å². The zero-order valence-electron chi connectivity index (χ0n) is 17.0. The maximum atomic E-state index is 12.7. The average Bonchev–Trinajstić information content (AvgIpc) is 2.59. The molecule has 0 aromatic heterocycles. The van der Waals surface area contributed by atoms with E-state index in [1.807, 2.05) is 0 Å². The first kappa shape index (κ1) is 20.9. The fourth-order valence-corrected chi connectivity index (χ4v) is 3.88. The Bertz CT molecular complexity index is 544. The Balaban J connectivity index is 2.02. The minimum absolute atomic E-state index is 0.000170. The predicted octanol–water partition coefficient (Wildman–Crippen LogP) is 3.51. The van der Waals surface area contributed by atoms with Gasteiger partial charge in [0.1, 0.15) is 0 Å². The van der Waals surface area contributed by atoms with Crippen molar-refractivity contribution in [1.29, 1.82) is 0 Å². The number of amides is 1. The normalized spacial score (nSPS) is 23.4. The summed E-state index contributed by atoms with van der Waals surface area (Å²) in [5, 5.41) is 3.13. The number of carbonyl (C=O) groups is 1. The SMILES string of the molecule is CC(C)[C@@H]1C[C@@](CC(=O)NCCCN(C)C)(Cc2ccccc2)CCO1. The van der Waals surface area contributed by atoms with Crippen molar-refractivity contribution in [2.45, 2.75) is 52.1 Å². The van der Waals surface area contributed by atoms with Crippen LogP contribution in [0.4, 0.5) is 0 Å². The first-order valence-electron chi connectivity index (χ1n) is 9.97. The minimum atomic E-state index is 0.000170. The van der Waals surface area contributed by atoms with Gasteiger partial charge in [-0.05, 0) is 63.2 Å². The van der Waals surface area contributed by atoms with Crippen molar-refractivity contribution >= 4 is 5.91 Å². The van der Waals surface area contributed by atoms with Crippen molar-refractivity contribution in [2.75, 3.05) is 33.8 Å². The summed E-state index contributed by atoms with van der Waals surface area (Å²) in [5.74, 6) is 0.665. The number of carbonyl (C=O) groups excluding carboxylic acids is 1. The zero-order chi connectivity index (χ0) is 19.0. The molecular formula is C22H36N2O2. The molecular weight excluding hydrogens is 324 g/mol. The van der Waals surface area contributed by atoms with Crippen LogP contribution in [-0.2, 0) is 16.0 Å². The molecule has 1 aliphatic rings. The van der Waals surface area contributed by atoms with E-state index in [4.69, 9.17) is 4.74 Å². The van der Waals surface area contributed by atoms with Gasteiger partial charge >= 0.3 is 0 Å². The van der Waals surface area contributed by atoms with E-state index in [0.29, 0.717) is 12.3 Å². The van der Waals surface area contributed by atoms with E-state index in [1.165, 1.54) is 5.56 Å². The second-order valence-corrected chi connectivity index (χ2v) is 8.45. The topological polar surface area (TPSA) is 41.6 Å². The van der Waals surface area contributed by atoms with Crippen LogP contribution in [0.25, 0.3) is 0 Å². The van der Waals surface area contributed by atoms with E-state index in [9.17, 15) is 4.79 Å². The number of ether oxygens (including phenoxy) is 1. The molecule has 1 aromatic carbocycles. The highest BCUT2D eigenvalue weighted by Crippen LogP contribution is 2.41. The van der Waals surface area contributed by atoms with Gasteiger partial charge in [-0.1, -0.05) is 44.2 Å². The van der Waals surface area contributed by atoms with Crippen LogP contribution in [0.2, 0.25) is 0 Å². The number of nitrogens with zero attached hydrogens (tertiary/aromatic N) is 1. The Morgan fingerprint density at radius 2 is 2.04 bits per heavy atom. The van der Waals surface area contributed by atoms with Crippen molar-refractivity contribution in [3.63, 3.8) is 0 Å². The molecule has 1 saturated heterocycles. The van der Waals surface area contributed by atoms with Crippen LogP contribution in [0.3, 0.4) is 0 Å². The van der Waals surface area contributed by atoms with Crippen LogP contribution in [-0.4, -0.2) is 50.7 Å². The van der Waals surface area contributed by atoms with Crippen molar-refractivity contribution in [3.8, 4) is 0 Å². The molecule has 4 nitrogen and oxygen atoms in total. The van der Waals surface area contributed by atoms with E-state index in [0.717, 1.165) is 45.4 Å². The summed E-state index contributed by atoms with van der Waals surface area (Å²) >= 11 is 0. The highest BCUT2D eigenvalue weighted by Gasteiger charge is 2.39. The van der Waals surface area contributed by atoms with Gasteiger partial charge in [-0.25, -0.2) is 0 Å². The lowest BCUT2D eigenvalue weighted by Crippen LogP contribution is -2.42. The van der Waals surface area contributed by atoms with Gasteiger partial charge < -0.3 is 15.0 Å². The van der Waals surface area contributed by atoms with E-state index < -0.39 is 0 Å². The number of rotatable bonds is 9. The number of hydrogen-bond donors (Lipinski definition) is 1. The molecule has 4 heteroatoms. The van der Waals surface area contributed by atoms with E-state index in [-0.39, 0.29) is 17.4 Å². The maximum Gasteiger partial charge on any atom is 0.220 e. The van der Waals surface area contributed by atoms with Gasteiger partial charge in [0.05, 0.1) is 6.10 Å². The molecule has 2 atom stereocenters. The highest BCUT2D eigenvalue weighted by molar-refractivity contribution is 5.76. The molecule has 1 fully saturated rings. The summed E-state index contributed by atoms with van der Waals surface area (Å²) in [4.78, 5) is 14.8. The van der Waals surface area contributed by atoms with Gasteiger partial charge in [0.2, 0.25) is 5.91 Å². The summed E-state index contributed by atoms with van der Waals surface area (Å²) in [7, 11) is 4.12. The monoisotopic (exact) mass is 360 g/mol. The molecule has 0 bridgehead atoms. The second kappa shape index (κ2) is 10.1. The van der Waals surface area contributed by atoms with E-state index in [1.54, 1.807) is 0 Å². The third-order valence-electron chi connectivity index (χ3n) is 5.40. The molecule has 2 rings (SSSR count). The number of hydrogen-bond acceptors (Lipinski definition) is 3. The average molecular weight is 361 g/mol. The summed E-state index contributed by atoms with van der Waals surface area (Å²) < 4.78 is 6.00. The summed E-state index contributed by atoms with van der Waals surface area (Å²) in [6, 6.07) is 10.6. The number of nitrogens with one attached hydrogen (secondary N) is 1. The Kier molecular flexibility index (Phi) is 8.11. The summed E-state index contributed by atoms with van der Waals surface area (Å²) in [5.41, 5.74) is 1.32. The molecule has 0 unspecified atom stereocenters. The zero-order valence-corrected chi connectivity index (χ0v) is 17.0. The van der Waals surface area contributed by atoms with E-state index in [2.05, 4.69) is 68.5 Å². The molecule has 1 amide bonds. The van der Waals surface area contributed by atoms with Gasteiger partial charge in [0.15, 0.2) is 0 Å². The molecule has 146 valence electrons. The largest absolute Gasteiger partial charge is 0.378 e. The van der Waals surface area contributed by atoms with Gasteiger partial charge in [0, 0.05) is 19.6 Å². The fourth-order valence-electron chi connectivity index (χ4n) is 3.88. The van der Waals surface area contributed by atoms with Crippen LogP contribution < -0.4 is 5.32 Å². The molecule has 0 radical (unpaired) electrons. The quantitative estimate of drug-likeness (QED) is 0.685. The first-order valence-corrected chi connectivity index (χ1v) is 9.97. The summed E-state index contributed by atoms with van der Waals surface area (Å²) in [6.07, 6.45) is 4.69. The molecule has 0 spiro atoms. The van der Waals surface area contributed by atoms with Crippen LogP contribution >= 0.6 is 0 Å². The third-order valence-corrected chi connectivity index (χ3v) is 5.40. The lowest BCUT2D eigenvalue weighted by molar-refractivity contribution is -0.128. The Labute approximate surface area is 159 Å². The fraction of sp³-hybridized carbons (Fsp3) is 0.682. The van der Waals surface area contributed by atoms with Gasteiger partial charge in [-0.2, -0.15) is 0 Å². The predicted molar refractivity (Wildman–Crippen MR) is 107 cm³/mol. The smallest absolute Gasteiger partial charge is 0.220 e. The highest BCUT2D eigenvalue weighted by atomic mass is 16.5. The van der Waals surface area contributed by atoms with Crippen molar-refractivity contribution < 1.29 is 9.53 Å². The maximum absolute atomic E-state index is 12.7. The van der Waals surface area contributed by atoms with Crippen molar-refractivity contribution in [2.24, 2.45) is 11.3 Å². The standard InChI is InChI=1S/C22H36N2O2/c1-18(2)20-16-22(11-14-26-20,15-19-9-6-5-7-10-19)17-21(25)23-12-8-13-24(3)4/h5-7,9-10,18,20H,8,11-17H2,1-4H3,(H,23,25)/t20-,22-/m0/s1. The lowest BCUT2D eigenvalue weighted by atomic mass is 9.69. The van der Waals surface area contributed by atoms with Crippen LogP contribution in [0.1, 0.15) is 45.1 Å². The van der Waals surface area contributed by atoms with Gasteiger partial charge in [-0.3, -0.25) is 4.79 Å². The van der Waals surface area contributed by atoms with Crippen LogP contribution in [0, 0.1) is 11.3 Å². The van der Waals surface area contributed by atoms with Gasteiger partial charge in [-0.15, -0.1) is 0 Å². The molecule has 1 aromatic rings. The Morgan fingerprint density at radius 1 is 1.31 bits per heavy atom. The Hall–Kier alpha value is -1.39. The Morgan fingerprint density at radius 3 is 2.69 bits per heavy atom. The second-order valence-electron chi connectivity index (χ2n) is 8.45. The molecule has 1 heterocycles. The van der Waals surface area contributed by atoms with Crippen molar-refractivity contribution in [1.82, 2.24) is 10.2 Å². The molecule has 1 N–H and O–H groups in total. The molecule has 0 saturated carbocycles. The first-order chi connectivity index (χ1) is 12.4. The van der Waals surface area contributed by atoms with Gasteiger partial charge in [0.25, 0.3) is 0 Å². The lowest BCUT2D eigenvalue weighted by Gasteiger charge is -2.42. The molecule has 26 heavy (non-hydrogen) atoms. The molecule has 1 aliphatic heterocycles. The molecule has 0 aliphatic carbocycles. The third kappa shape index (κ3) is 6.73. The minimum Gasteiger partial charge on any atom is -0.378 e. The number of benzene rings is 1. The van der Waals surface area contributed by atoms with Crippen LogP contribution in [0.15, 0.2) is 30.3 Å². The van der Waals surface area contributed by atoms with Crippen LogP contribution in [0.5, 0.6) is 0 Å².